The summed E-state index contributed by atoms with van der Waals surface area (Å²) in [5.74, 6) is -0.541. The van der Waals surface area contributed by atoms with Crippen LogP contribution < -0.4 is 5.73 Å². The molecule has 0 atom stereocenters. The molecule has 2 aromatic rings. The van der Waals surface area contributed by atoms with Crippen molar-refractivity contribution in [2.24, 2.45) is 0 Å². The average molecular weight is 326 g/mol. The number of ketones is 2. The minimum atomic E-state index is -0.883. The Kier molecular flexibility index (Phi) is 5.09. The second-order valence-corrected chi connectivity index (χ2v) is 5.88. The lowest BCUT2D eigenvalue weighted by Crippen LogP contribution is -2.22. The van der Waals surface area contributed by atoms with Crippen LogP contribution in [0.3, 0.4) is 0 Å². The molecule has 7 heteroatoms. The number of hydrogen-bond acceptors (Lipinski definition) is 7. The molecule has 0 saturated heterocycles. The van der Waals surface area contributed by atoms with Crippen molar-refractivity contribution in [3.8, 4) is 17.3 Å². The first-order chi connectivity index (χ1) is 10.9. The van der Waals surface area contributed by atoms with Crippen molar-refractivity contribution in [1.29, 1.82) is 5.26 Å². The molecule has 23 heavy (non-hydrogen) atoms. The van der Waals surface area contributed by atoms with Crippen LogP contribution in [-0.2, 0) is 9.59 Å². The van der Waals surface area contributed by atoms with Crippen molar-refractivity contribution >= 4 is 29.1 Å². The van der Waals surface area contributed by atoms with Gasteiger partial charge >= 0.3 is 0 Å². The van der Waals surface area contributed by atoms with Gasteiger partial charge in [-0.2, -0.15) is 5.26 Å². The van der Waals surface area contributed by atoms with Crippen molar-refractivity contribution < 1.29 is 9.59 Å². The fraction of sp³-hybridized carbons (Fsp3) is 0.188. The second kappa shape index (κ2) is 7.03. The Morgan fingerprint density at radius 2 is 1.78 bits per heavy atom. The molecule has 0 spiro atoms. The van der Waals surface area contributed by atoms with Crippen LogP contribution in [0.4, 0.5) is 5.82 Å². The highest BCUT2D eigenvalue weighted by Crippen LogP contribution is 2.29. The highest BCUT2D eigenvalue weighted by atomic mass is 32.2. The predicted molar refractivity (Wildman–Crippen MR) is 87.6 cm³/mol. The van der Waals surface area contributed by atoms with E-state index in [1.54, 1.807) is 12.1 Å². The maximum absolute atomic E-state index is 11.6. The molecule has 0 aliphatic rings. The van der Waals surface area contributed by atoms with E-state index in [2.05, 4.69) is 9.97 Å². The van der Waals surface area contributed by atoms with E-state index in [1.807, 2.05) is 24.3 Å². The number of nitrogen functional groups attached to an aromatic ring is 1. The predicted octanol–water partition coefficient (Wildman–Crippen LogP) is 2.24. The first-order valence-electron chi connectivity index (χ1n) is 6.74. The summed E-state index contributed by atoms with van der Waals surface area (Å²) in [6.07, 6.45) is 0. The Morgan fingerprint density at radius 1 is 1.17 bits per heavy atom. The number of nitrogens with two attached hydrogens (primary N) is 1. The number of Topliss-reactive ketones (excluding diaryl/α,β-unsaturated/α-hetero) is 2. The van der Waals surface area contributed by atoms with Gasteiger partial charge in [0.1, 0.15) is 22.7 Å². The largest absolute Gasteiger partial charge is 0.382 e. The van der Waals surface area contributed by atoms with Crippen LogP contribution in [0.5, 0.6) is 0 Å². The Hall–Kier alpha value is -2.72. The number of nitrogens with zero attached hydrogens (tertiary/aromatic N) is 3. The minimum Gasteiger partial charge on any atom is -0.382 e. The Morgan fingerprint density at radius 3 is 2.30 bits per heavy atom. The van der Waals surface area contributed by atoms with Gasteiger partial charge in [0, 0.05) is 5.56 Å². The summed E-state index contributed by atoms with van der Waals surface area (Å²) in [4.78, 5) is 31.5. The Balaban J connectivity index is 2.52. The fourth-order valence-electron chi connectivity index (χ4n) is 1.98. The van der Waals surface area contributed by atoms with Crippen molar-refractivity contribution in [1.82, 2.24) is 9.97 Å². The topological polar surface area (TPSA) is 110 Å². The third-order valence-electron chi connectivity index (χ3n) is 3.04. The van der Waals surface area contributed by atoms with Crippen LogP contribution in [0, 0.1) is 11.3 Å². The molecule has 2 N–H and O–H groups in total. The van der Waals surface area contributed by atoms with E-state index in [4.69, 9.17) is 5.73 Å². The van der Waals surface area contributed by atoms with E-state index in [9.17, 15) is 14.9 Å². The number of aromatic nitrogens is 2. The highest BCUT2D eigenvalue weighted by Gasteiger charge is 2.24. The third kappa shape index (κ3) is 3.73. The third-order valence-corrected chi connectivity index (χ3v) is 4.33. The van der Waals surface area contributed by atoms with Gasteiger partial charge in [0.15, 0.2) is 16.7 Å². The van der Waals surface area contributed by atoms with Crippen molar-refractivity contribution in [2.45, 2.75) is 24.3 Å². The molecule has 0 amide bonds. The summed E-state index contributed by atoms with van der Waals surface area (Å²) in [7, 11) is 0. The average Bonchev–Trinajstić information content (AvgIpc) is 2.52. The van der Waals surface area contributed by atoms with E-state index in [-0.39, 0.29) is 28.1 Å². The number of nitriles is 1. The molecule has 0 aliphatic heterocycles. The zero-order valence-electron chi connectivity index (χ0n) is 12.6. The van der Waals surface area contributed by atoms with Gasteiger partial charge in [-0.15, -0.1) is 0 Å². The number of carbonyl (C=O) groups is 2. The number of hydrogen-bond donors (Lipinski definition) is 1. The van der Waals surface area contributed by atoms with Gasteiger partial charge in [-0.25, -0.2) is 9.97 Å². The maximum atomic E-state index is 11.6. The van der Waals surface area contributed by atoms with Gasteiger partial charge in [-0.05, 0) is 13.8 Å². The zero-order valence-corrected chi connectivity index (χ0v) is 13.4. The van der Waals surface area contributed by atoms with Gasteiger partial charge in [-0.1, -0.05) is 42.1 Å². The number of thioether (sulfide) groups is 1. The van der Waals surface area contributed by atoms with E-state index in [0.29, 0.717) is 11.3 Å². The molecule has 0 radical (unpaired) electrons. The molecule has 0 aliphatic carbocycles. The molecule has 1 aromatic heterocycles. The molecular weight excluding hydrogens is 312 g/mol. The molecule has 0 bridgehead atoms. The summed E-state index contributed by atoms with van der Waals surface area (Å²) in [5, 5.41) is 8.59. The number of carbonyl (C=O) groups excluding carboxylic acids is 2. The minimum absolute atomic E-state index is 0.0229. The Bertz CT molecular complexity index is 786. The van der Waals surface area contributed by atoms with Crippen molar-refractivity contribution in [3.05, 3.63) is 35.9 Å². The van der Waals surface area contributed by atoms with Gasteiger partial charge in [0.05, 0.1) is 5.69 Å². The lowest BCUT2D eigenvalue weighted by atomic mass is 10.1. The Labute approximate surface area is 137 Å². The molecule has 6 nitrogen and oxygen atoms in total. The van der Waals surface area contributed by atoms with Crippen molar-refractivity contribution in [2.75, 3.05) is 5.73 Å². The van der Waals surface area contributed by atoms with E-state index in [1.165, 1.54) is 13.8 Å². The lowest BCUT2D eigenvalue weighted by molar-refractivity contribution is -0.123. The lowest BCUT2D eigenvalue weighted by Gasteiger charge is -2.11. The first kappa shape index (κ1) is 16.6. The molecule has 0 saturated carbocycles. The van der Waals surface area contributed by atoms with Gasteiger partial charge in [0.25, 0.3) is 0 Å². The number of anilines is 1. The fourth-order valence-corrected chi connectivity index (χ4v) is 2.82. The standard InChI is InChI=1S/C16H14N4O2S/c1-9(21)14(10(2)22)23-16-19-13(11-6-4-3-5-7-11)12(8-17)15(18)20-16/h3-7,14H,1-2H3,(H2,18,19,20). The molecule has 1 aromatic carbocycles. The monoisotopic (exact) mass is 326 g/mol. The molecule has 0 unspecified atom stereocenters. The number of rotatable bonds is 5. The van der Waals surface area contributed by atoms with Gasteiger partial charge in [0.2, 0.25) is 0 Å². The molecule has 116 valence electrons. The quantitative estimate of drug-likeness (QED) is 0.509. The van der Waals surface area contributed by atoms with E-state index < -0.39 is 5.25 Å². The zero-order chi connectivity index (χ0) is 17.0. The van der Waals surface area contributed by atoms with Crippen molar-refractivity contribution in [3.63, 3.8) is 0 Å². The SMILES string of the molecule is CC(=O)C(Sc1nc(N)c(C#N)c(-c2ccccc2)n1)C(C)=O. The van der Waals surface area contributed by atoms with Gasteiger partial charge < -0.3 is 5.73 Å². The van der Waals surface area contributed by atoms with Crippen LogP contribution in [-0.4, -0.2) is 26.8 Å². The first-order valence-corrected chi connectivity index (χ1v) is 7.62. The summed E-state index contributed by atoms with van der Waals surface area (Å²) in [6, 6.07) is 11.1. The van der Waals surface area contributed by atoms with E-state index in [0.717, 1.165) is 11.8 Å². The maximum Gasteiger partial charge on any atom is 0.191 e. The smallest absolute Gasteiger partial charge is 0.191 e. The molecule has 2 rings (SSSR count). The number of benzene rings is 1. The van der Waals surface area contributed by atoms with Crippen LogP contribution in [0.15, 0.2) is 35.5 Å². The summed E-state index contributed by atoms with van der Waals surface area (Å²) < 4.78 is 0. The van der Waals surface area contributed by atoms with Gasteiger partial charge in [-0.3, -0.25) is 9.59 Å². The van der Waals surface area contributed by atoms with Crippen LogP contribution in [0.1, 0.15) is 19.4 Å². The second-order valence-electron chi connectivity index (χ2n) is 4.81. The van der Waals surface area contributed by atoms with Crippen LogP contribution in [0.2, 0.25) is 0 Å². The summed E-state index contributed by atoms with van der Waals surface area (Å²) in [6.45, 7) is 2.67. The van der Waals surface area contributed by atoms with Crippen LogP contribution >= 0.6 is 11.8 Å². The van der Waals surface area contributed by atoms with E-state index >= 15 is 0 Å². The van der Waals surface area contributed by atoms with Crippen LogP contribution in [0.25, 0.3) is 11.3 Å². The normalized spacial score (nSPS) is 10.3. The molecule has 0 fully saturated rings. The molecule has 1 heterocycles. The highest BCUT2D eigenvalue weighted by molar-refractivity contribution is 8.01. The summed E-state index contributed by atoms with van der Waals surface area (Å²) in [5.41, 5.74) is 7.10. The molecular formula is C16H14N4O2S. The summed E-state index contributed by atoms with van der Waals surface area (Å²) >= 11 is 0.936.